The van der Waals surface area contributed by atoms with E-state index >= 15 is 0 Å². The Kier molecular flexibility index (Phi) is 4.23. The molecule has 0 radical (unpaired) electrons. The second kappa shape index (κ2) is 5.71. The van der Waals surface area contributed by atoms with Crippen molar-refractivity contribution >= 4 is 11.9 Å². The molecule has 1 aromatic carbocycles. The lowest BCUT2D eigenvalue weighted by atomic mass is 9.86. The summed E-state index contributed by atoms with van der Waals surface area (Å²) in [7, 11) is 1.19. The second-order valence-electron chi connectivity index (χ2n) is 5.18. The Morgan fingerprint density at radius 3 is 2.48 bits per heavy atom. The normalized spacial score (nSPS) is 21.3. The maximum atomic E-state index is 13.9. The summed E-state index contributed by atoms with van der Waals surface area (Å²) in [4.78, 5) is 24.1. The number of halogens is 4. The fraction of sp³-hybridized carbons (Fsp3) is 0.429. The van der Waals surface area contributed by atoms with Crippen LogP contribution in [0.1, 0.15) is 16.8 Å². The van der Waals surface area contributed by atoms with Crippen LogP contribution in [0.15, 0.2) is 18.2 Å². The summed E-state index contributed by atoms with van der Waals surface area (Å²) < 4.78 is 58.0. The monoisotopic (exact) mass is 335 g/mol. The molecule has 126 valence electrons. The summed E-state index contributed by atoms with van der Waals surface area (Å²) in [6.45, 7) is -1.51. The standard InChI is InChI=1S/C14H13F4NO4/c1-23-9-4-2-3-8(15)10(9)11(20)19-6-5-13(7-19,12(21)22)14(16,17)18/h2-4H,5-7H2,1H3,(H,21,22). The number of carbonyl (C=O) groups excluding carboxylic acids is 1. The lowest BCUT2D eigenvalue weighted by Gasteiger charge is -2.27. The molecule has 0 aliphatic carbocycles. The van der Waals surface area contributed by atoms with Gasteiger partial charge >= 0.3 is 12.1 Å². The highest BCUT2D eigenvalue weighted by molar-refractivity contribution is 5.98. The van der Waals surface area contributed by atoms with Crippen LogP contribution < -0.4 is 4.74 Å². The number of ether oxygens (including phenoxy) is 1. The van der Waals surface area contributed by atoms with Crippen LogP contribution in [0.5, 0.6) is 5.75 Å². The molecular weight excluding hydrogens is 322 g/mol. The molecule has 1 N–H and O–H groups in total. The van der Waals surface area contributed by atoms with E-state index in [0.29, 0.717) is 4.90 Å². The van der Waals surface area contributed by atoms with Gasteiger partial charge in [0.25, 0.3) is 5.91 Å². The minimum Gasteiger partial charge on any atom is -0.496 e. The number of carboxylic acids is 1. The molecule has 2 rings (SSSR count). The smallest absolute Gasteiger partial charge is 0.406 e. The first kappa shape index (κ1) is 17.0. The van der Waals surface area contributed by atoms with Crippen molar-refractivity contribution in [1.29, 1.82) is 0 Å². The lowest BCUT2D eigenvalue weighted by Crippen LogP contribution is -2.47. The van der Waals surface area contributed by atoms with Crippen molar-refractivity contribution in [2.45, 2.75) is 12.6 Å². The summed E-state index contributed by atoms with van der Waals surface area (Å²) in [5.41, 5.74) is -3.56. The Morgan fingerprint density at radius 2 is 2.00 bits per heavy atom. The number of methoxy groups -OCH3 is 1. The van der Waals surface area contributed by atoms with Gasteiger partial charge in [-0.2, -0.15) is 13.2 Å². The summed E-state index contributed by atoms with van der Waals surface area (Å²) >= 11 is 0. The first-order valence-corrected chi connectivity index (χ1v) is 6.56. The van der Waals surface area contributed by atoms with Crippen molar-refractivity contribution < 1.29 is 37.0 Å². The zero-order valence-corrected chi connectivity index (χ0v) is 12.0. The van der Waals surface area contributed by atoms with Crippen LogP contribution in [0.3, 0.4) is 0 Å². The maximum Gasteiger partial charge on any atom is 0.406 e. The van der Waals surface area contributed by atoms with E-state index in [2.05, 4.69) is 0 Å². The van der Waals surface area contributed by atoms with Crippen molar-refractivity contribution in [2.75, 3.05) is 20.2 Å². The van der Waals surface area contributed by atoms with Gasteiger partial charge in [-0.25, -0.2) is 4.39 Å². The largest absolute Gasteiger partial charge is 0.496 e. The Balaban J connectivity index is 2.36. The molecule has 1 fully saturated rings. The third-order valence-corrected chi connectivity index (χ3v) is 3.92. The highest BCUT2D eigenvalue weighted by Gasteiger charge is 2.64. The van der Waals surface area contributed by atoms with Crippen molar-refractivity contribution in [2.24, 2.45) is 5.41 Å². The molecule has 23 heavy (non-hydrogen) atoms. The summed E-state index contributed by atoms with van der Waals surface area (Å²) in [5.74, 6) is -4.17. The number of carboxylic acid groups (broad SMARTS) is 1. The van der Waals surface area contributed by atoms with E-state index in [0.717, 1.165) is 6.07 Å². The first-order valence-electron chi connectivity index (χ1n) is 6.56. The Labute approximate surface area is 128 Å². The fourth-order valence-electron chi connectivity index (χ4n) is 2.55. The molecule has 1 aliphatic heterocycles. The number of carbonyl (C=O) groups is 2. The van der Waals surface area contributed by atoms with Crippen molar-refractivity contribution in [1.82, 2.24) is 4.90 Å². The van der Waals surface area contributed by atoms with Gasteiger partial charge in [0.15, 0.2) is 5.41 Å². The quantitative estimate of drug-likeness (QED) is 0.861. The van der Waals surface area contributed by atoms with Crippen molar-refractivity contribution in [3.05, 3.63) is 29.6 Å². The molecule has 9 heteroatoms. The van der Waals surface area contributed by atoms with Crippen LogP contribution in [0.25, 0.3) is 0 Å². The molecule has 1 aromatic rings. The zero-order chi connectivity index (χ0) is 17.4. The SMILES string of the molecule is COc1cccc(F)c1C(=O)N1CCC(C(=O)O)(C(F)(F)F)C1. The molecule has 1 heterocycles. The highest BCUT2D eigenvalue weighted by atomic mass is 19.4. The molecule has 0 spiro atoms. The number of nitrogens with zero attached hydrogens (tertiary/aromatic N) is 1. The number of amides is 1. The molecule has 0 aromatic heterocycles. The van der Waals surface area contributed by atoms with Gasteiger partial charge in [0.05, 0.1) is 7.11 Å². The minimum absolute atomic E-state index is 0.130. The van der Waals surface area contributed by atoms with Crippen LogP contribution in [0.4, 0.5) is 17.6 Å². The number of alkyl halides is 3. The van der Waals surface area contributed by atoms with E-state index in [9.17, 15) is 27.2 Å². The third-order valence-electron chi connectivity index (χ3n) is 3.92. The number of hydrogen-bond acceptors (Lipinski definition) is 3. The third kappa shape index (κ3) is 2.71. The average Bonchev–Trinajstić information content (AvgIpc) is 2.92. The highest BCUT2D eigenvalue weighted by Crippen LogP contribution is 2.46. The van der Waals surface area contributed by atoms with Crippen LogP contribution in [-0.2, 0) is 4.79 Å². The van der Waals surface area contributed by atoms with Gasteiger partial charge in [-0.05, 0) is 18.6 Å². The van der Waals surface area contributed by atoms with Gasteiger partial charge in [0.2, 0.25) is 0 Å². The van der Waals surface area contributed by atoms with Crippen LogP contribution in [0, 0.1) is 11.2 Å². The summed E-state index contributed by atoms with van der Waals surface area (Å²) in [5, 5.41) is 8.97. The second-order valence-corrected chi connectivity index (χ2v) is 5.18. The predicted octanol–water partition coefficient (Wildman–Crippen LogP) is 2.31. The minimum atomic E-state index is -5.02. The van der Waals surface area contributed by atoms with E-state index in [1.807, 2.05) is 0 Å². The van der Waals surface area contributed by atoms with Crippen molar-refractivity contribution in [3.63, 3.8) is 0 Å². The summed E-state index contributed by atoms with van der Waals surface area (Å²) in [6.07, 6.45) is -5.80. The van der Waals surface area contributed by atoms with Crippen LogP contribution in [0.2, 0.25) is 0 Å². The number of hydrogen-bond donors (Lipinski definition) is 1. The van der Waals surface area contributed by atoms with Gasteiger partial charge in [-0.1, -0.05) is 6.07 Å². The van der Waals surface area contributed by atoms with Crippen LogP contribution >= 0.6 is 0 Å². The van der Waals surface area contributed by atoms with E-state index in [1.54, 1.807) is 0 Å². The number of benzene rings is 1. The molecule has 0 bridgehead atoms. The first-order chi connectivity index (χ1) is 10.6. The number of rotatable bonds is 3. The Bertz CT molecular complexity index is 646. The Hall–Kier alpha value is -2.32. The molecule has 5 nitrogen and oxygen atoms in total. The van der Waals surface area contributed by atoms with E-state index in [-0.39, 0.29) is 5.75 Å². The number of aliphatic carboxylic acids is 1. The zero-order valence-electron chi connectivity index (χ0n) is 12.0. The lowest BCUT2D eigenvalue weighted by molar-refractivity contribution is -0.227. The molecular formula is C14H13F4NO4. The molecule has 1 amide bonds. The van der Waals surface area contributed by atoms with Gasteiger partial charge in [0.1, 0.15) is 17.1 Å². The Morgan fingerprint density at radius 1 is 1.35 bits per heavy atom. The van der Waals surface area contributed by atoms with Crippen molar-refractivity contribution in [3.8, 4) is 5.75 Å². The van der Waals surface area contributed by atoms with Crippen LogP contribution in [-0.4, -0.2) is 48.3 Å². The summed E-state index contributed by atoms with van der Waals surface area (Å²) in [6, 6.07) is 3.55. The van der Waals surface area contributed by atoms with Gasteiger partial charge in [-0.3, -0.25) is 9.59 Å². The molecule has 0 saturated carbocycles. The molecule has 1 aliphatic rings. The van der Waals surface area contributed by atoms with E-state index < -0.39 is 54.4 Å². The number of likely N-dealkylation sites (tertiary alicyclic amines) is 1. The van der Waals surface area contributed by atoms with E-state index in [4.69, 9.17) is 9.84 Å². The molecule has 1 atom stereocenters. The van der Waals surface area contributed by atoms with Gasteiger partial charge < -0.3 is 14.7 Å². The van der Waals surface area contributed by atoms with Gasteiger partial charge in [0, 0.05) is 13.1 Å². The van der Waals surface area contributed by atoms with E-state index in [1.165, 1.54) is 19.2 Å². The molecule has 1 saturated heterocycles. The molecule has 1 unspecified atom stereocenters. The topological polar surface area (TPSA) is 66.8 Å². The average molecular weight is 335 g/mol. The predicted molar refractivity (Wildman–Crippen MR) is 69.6 cm³/mol. The van der Waals surface area contributed by atoms with Gasteiger partial charge in [-0.15, -0.1) is 0 Å². The maximum absolute atomic E-state index is 13.9. The fourth-order valence-corrected chi connectivity index (χ4v) is 2.55.